The van der Waals surface area contributed by atoms with Crippen LogP contribution >= 0.6 is 0 Å². The standard InChI is InChI=1S/C20H16F4O4/c1-3-27-18(25)20(19(26)28-4-2)9-10-7-5-6-8-11(10)12-13(20)15(22)17(24)16(23)14(12)21/h5-8H,3-4,9H2,1-2H3. The van der Waals surface area contributed by atoms with Crippen molar-refractivity contribution in [3.8, 4) is 11.1 Å². The highest BCUT2D eigenvalue weighted by Crippen LogP contribution is 2.48. The van der Waals surface area contributed by atoms with Gasteiger partial charge in [0.15, 0.2) is 28.7 Å². The topological polar surface area (TPSA) is 52.6 Å². The Kier molecular flexibility index (Phi) is 5.14. The molecule has 0 atom stereocenters. The van der Waals surface area contributed by atoms with Gasteiger partial charge in [0.2, 0.25) is 0 Å². The van der Waals surface area contributed by atoms with E-state index >= 15 is 0 Å². The third kappa shape index (κ3) is 2.66. The highest BCUT2D eigenvalue weighted by molar-refractivity contribution is 6.09. The molecule has 4 nitrogen and oxygen atoms in total. The predicted octanol–water partition coefficient (Wildman–Crippen LogP) is 3.83. The van der Waals surface area contributed by atoms with Crippen LogP contribution in [0.1, 0.15) is 25.0 Å². The van der Waals surface area contributed by atoms with Gasteiger partial charge in [0.05, 0.1) is 13.2 Å². The maximum atomic E-state index is 14.9. The Morgan fingerprint density at radius 1 is 0.893 bits per heavy atom. The molecule has 3 rings (SSSR count). The molecule has 0 saturated heterocycles. The van der Waals surface area contributed by atoms with Gasteiger partial charge >= 0.3 is 11.9 Å². The summed E-state index contributed by atoms with van der Waals surface area (Å²) in [7, 11) is 0. The van der Waals surface area contributed by atoms with E-state index in [1.54, 1.807) is 6.07 Å². The van der Waals surface area contributed by atoms with Crippen LogP contribution in [-0.4, -0.2) is 25.2 Å². The minimum absolute atomic E-state index is 0.0528. The fourth-order valence-electron chi connectivity index (χ4n) is 3.52. The Morgan fingerprint density at radius 2 is 1.43 bits per heavy atom. The summed E-state index contributed by atoms with van der Waals surface area (Å²) in [4.78, 5) is 25.7. The minimum atomic E-state index is -2.50. The molecule has 148 valence electrons. The normalized spacial score (nSPS) is 14.1. The number of carbonyl (C=O) groups is 2. The molecule has 0 heterocycles. The van der Waals surface area contributed by atoms with Crippen molar-refractivity contribution < 1.29 is 36.6 Å². The average molecular weight is 396 g/mol. The SMILES string of the molecule is CCOC(=O)C1(C(=O)OCC)Cc2ccccc2-c2c(F)c(F)c(F)c(F)c21. The van der Waals surface area contributed by atoms with Crippen LogP contribution in [0.4, 0.5) is 17.6 Å². The van der Waals surface area contributed by atoms with Crippen molar-refractivity contribution in [2.75, 3.05) is 13.2 Å². The van der Waals surface area contributed by atoms with E-state index in [0.29, 0.717) is 0 Å². The molecule has 2 aromatic rings. The zero-order chi connectivity index (χ0) is 20.6. The van der Waals surface area contributed by atoms with Gasteiger partial charge in [-0.3, -0.25) is 9.59 Å². The summed E-state index contributed by atoms with van der Waals surface area (Å²) in [5.74, 6) is -10.1. The molecule has 28 heavy (non-hydrogen) atoms. The molecule has 0 saturated carbocycles. The highest BCUT2D eigenvalue weighted by Gasteiger charge is 2.57. The molecular formula is C20H16F4O4. The van der Waals surface area contributed by atoms with Crippen molar-refractivity contribution in [1.29, 1.82) is 0 Å². The van der Waals surface area contributed by atoms with Crippen molar-refractivity contribution in [3.05, 3.63) is 58.7 Å². The van der Waals surface area contributed by atoms with Gasteiger partial charge in [-0.15, -0.1) is 0 Å². The van der Waals surface area contributed by atoms with Crippen LogP contribution in [0.3, 0.4) is 0 Å². The summed E-state index contributed by atoms with van der Waals surface area (Å²) in [6, 6.07) is 5.89. The van der Waals surface area contributed by atoms with Gasteiger partial charge in [0, 0.05) is 17.5 Å². The first-order valence-corrected chi connectivity index (χ1v) is 8.60. The molecule has 0 fully saturated rings. The largest absolute Gasteiger partial charge is 0.465 e. The molecule has 0 unspecified atom stereocenters. The van der Waals surface area contributed by atoms with E-state index in [1.165, 1.54) is 32.0 Å². The average Bonchev–Trinajstić information content (AvgIpc) is 2.69. The van der Waals surface area contributed by atoms with Gasteiger partial charge in [0.1, 0.15) is 0 Å². The van der Waals surface area contributed by atoms with Crippen molar-refractivity contribution in [3.63, 3.8) is 0 Å². The lowest BCUT2D eigenvalue weighted by Crippen LogP contribution is -2.50. The molecule has 0 bridgehead atoms. The van der Waals surface area contributed by atoms with Crippen molar-refractivity contribution in [2.45, 2.75) is 25.7 Å². The van der Waals surface area contributed by atoms with Gasteiger partial charge in [0.25, 0.3) is 0 Å². The Bertz CT molecular complexity index is 953. The first-order chi connectivity index (χ1) is 13.3. The number of carbonyl (C=O) groups excluding carboxylic acids is 2. The predicted molar refractivity (Wildman–Crippen MR) is 90.4 cm³/mol. The Hall–Kier alpha value is -2.90. The molecule has 0 radical (unpaired) electrons. The smallest absolute Gasteiger partial charge is 0.328 e. The molecule has 0 aliphatic heterocycles. The summed E-state index contributed by atoms with van der Waals surface area (Å²) in [5, 5.41) is 0. The van der Waals surface area contributed by atoms with Crippen molar-refractivity contribution in [1.82, 2.24) is 0 Å². The van der Waals surface area contributed by atoms with Crippen LogP contribution in [-0.2, 0) is 30.9 Å². The number of hydrogen-bond donors (Lipinski definition) is 0. The van der Waals surface area contributed by atoms with Gasteiger partial charge < -0.3 is 9.47 Å². The Balaban J connectivity index is 2.49. The minimum Gasteiger partial charge on any atom is -0.465 e. The van der Waals surface area contributed by atoms with Gasteiger partial charge in [-0.2, -0.15) is 0 Å². The molecule has 0 N–H and O–H groups in total. The zero-order valence-electron chi connectivity index (χ0n) is 15.1. The summed E-state index contributed by atoms with van der Waals surface area (Å²) < 4.78 is 67.7. The molecule has 2 aromatic carbocycles. The second-order valence-electron chi connectivity index (χ2n) is 6.19. The van der Waals surface area contributed by atoms with Gasteiger partial charge in [-0.1, -0.05) is 24.3 Å². The molecule has 0 aromatic heterocycles. The second kappa shape index (κ2) is 7.26. The second-order valence-corrected chi connectivity index (χ2v) is 6.19. The maximum Gasteiger partial charge on any atom is 0.328 e. The van der Waals surface area contributed by atoms with E-state index in [1.807, 2.05) is 0 Å². The summed E-state index contributed by atoms with van der Waals surface area (Å²) in [6.45, 7) is 2.56. The third-order valence-corrected chi connectivity index (χ3v) is 4.68. The van der Waals surface area contributed by atoms with E-state index < -0.39 is 58.2 Å². The number of fused-ring (bicyclic) bond motifs is 3. The summed E-state index contributed by atoms with van der Waals surface area (Å²) >= 11 is 0. The fourth-order valence-corrected chi connectivity index (χ4v) is 3.52. The zero-order valence-corrected chi connectivity index (χ0v) is 15.1. The summed E-state index contributed by atoms with van der Waals surface area (Å²) in [5.41, 5.74) is -3.80. The lowest BCUT2D eigenvalue weighted by Gasteiger charge is -2.36. The molecule has 1 aliphatic carbocycles. The highest BCUT2D eigenvalue weighted by atomic mass is 19.2. The van der Waals surface area contributed by atoms with Gasteiger partial charge in [-0.25, -0.2) is 17.6 Å². The van der Waals surface area contributed by atoms with Crippen LogP contribution in [0.2, 0.25) is 0 Å². The van der Waals surface area contributed by atoms with Crippen LogP contribution in [0.5, 0.6) is 0 Å². The number of rotatable bonds is 4. The molecule has 1 aliphatic rings. The number of ether oxygens (including phenoxy) is 2. The van der Waals surface area contributed by atoms with Crippen molar-refractivity contribution >= 4 is 11.9 Å². The lowest BCUT2D eigenvalue weighted by molar-refractivity contribution is -0.165. The van der Waals surface area contributed by atoms with E-state index in [2.05, 4.69) is 0 Å². The number of esters is 2. The number of halogens is 4. The molecule has 0 amide bonds. The van der Waals surface area contributed by atoms with Gasteiger partial charge in [-0.05, 0) is 25.0 Å². The van der Waals surface area contributed by atoms with E-state index in [4.69, 9.17) is 9.47 Å². The third-order valence-electron chi connectivity index (χ3n) is 4.68. The number of benzene rings is 2. The van der Waals surface area contributed by atoms with Crippen LogP contribution in [0.25, 0.3) is 11.1 Å². The van der Waals surface area contributed by atoms with E-state index in [-0.39, 0.29) is 24.3 Å². The van der Waals surface area contributed by atoms with E-state index in [0.717, 1.165) is 0 Å². The Labute approximate surface area is 158 Å². The first-order valence-electron chi connectivity index (χ1n) is 8.60. The molecular weight excluding hydrogens is 380 g/mol. The lowest BCUT2D eigenvalue weighted by atomic mass is 9.67. The quantitative estimate of drug-likeness (QED) is 0.259. The maximum absolute atomic E-state index is 14.9. The van der Waals surface area contributed by atoms with Crippen LogP contribution in [0.15, 0.2) is 24.3 Å². The molecule has 0 spiro atoms. The van der Waals surface area contributed by atoms with Crippen LogP contribution < -0.4 is 0 Å². The molecule has 8 heteroatoms. The first kappa shape index (κ1) is 19.9. The fraction of sp³-hybridized carbons (Fsp3) is 0.300. The van der Waals surface area contributed by atoms with Crippen molar-refractivity contribution in [2.24, 2.45) is 0 Å². The van der Waals surface area contributed by atoms with E-state index in [9.17, 15) is 27.2 Å². The number of hydrogen-bond acceptors (Lipinski definition) is 4. The summed E-state index contributed by atoms with van der Waals surface area (Å²) in [6.07, 6.45) is -0.449. The monoisotopic (exact) mass is 396 g/mol. The van der Waals surface area contributed by atoms with Crippen LogP contribution in [0, 0.1) is 23.3 Å². The Morgan fingerprint density at radius 3 is 2.00 bits per heavy atom.